The molecule has 162 valence electrons. The maximum atomic E-state index is 4.52. The molecule has 0 saturated heterocycles. The third-order valence-corrected chi connectivity index (χ3v) is 6.79. The van der Waals surface area contributed by atoms with Crippen molar-refractivity contribution in [3.8, 4) is 0 Å². The summed E-state index contributed by atoms with van der Waals surface area (Å²) in [7, 11) is 2.12. The second-order valence-corrected chi connectivity index (χ2v) is 8.95. The summed E-state index contributed by atoms with van der Waals surface area (Å²) in [5, 5.41) is 1.23. The molecule has 33 heavy (non-hydrogen) atoms. The van der Waals surface area contributed by atoms with E-state index in [4.69, 9.17) is 0 Å². The lowest BCUT2D eigenvalue weighted by Crippen LogP contribution is -2.28. The molecule has 3 heterocycles. The maximum Gasteiger partial charge on any atom is 0.262 e. The summed E-state index contributed by atoms with van der Waals surface area (Å²) >= 11 is 1.81. The molecule has 5 rings (SSSR count). The molecule has 4 nitrogen and oxygen atoms in total. The highest BCUT2D eigenvalue weighted by atomic mass is 32.1. The number of nitrogens with zero attached hydrogens (tertiary/aromatic N) is 4. The van der Waals surface area contributed by atoms with Gasteiger partial charge in [0.1, 0.15) is 11.7 Å². The van der Waals surface area contributed by atoms with Crippen molar-refractivity contribution in [2.45, 2.75) is 13.1 Å². The van der Waals surface area contributed by atoms with E-state index in [0.717, 1.165) is 30.2 Å². The fraction of sp³-hybridized carbons (Fsp3) is 0.107. The minimum Gasteiger partial charge on any atom is -0.360 e. The van der Waals surface area contributed by atoms with Gasteiger partial charge >= 0.3 is 0 Å². The number of aromatic nitrogens is 3. The van der Waals surface area contributed by atoms with Gasteiger partial charge in [-0.05, 0) is 54.1 Å². The number of hydrogen-bond acceptors (Lipinski definition) is 4. The summed E-state index contributed by atoms with van der Waals surface area (Å²) in [6, 6.07) is 29.3. The van der Waals surface area contributed by atoms with Crippen molar-refractivity contribution in [3.05, 3.63) is 119 Å². The van der Waals surface area contributed by atoms with E-state index < -0.39 is 0 Å². The number of thiazole rings is 1. The summed E-state index contributed by atoms with van der Waals surface area (Å²) in [6.45, 7) is 1.45. The lowest BCUT2D eigenvalue weighted by atomic mass is 10.1. The molecule has 0 atom stereocenters. The average molecular weight is 450 g/mol. The monoisotopic (exact) mass is 449 g/mol. The van der Waals surface area contributed by atoms with Crippen LogP contribution in [0.25, 0.3) is 22.4 Å². The van der Waals surface area contributed by atoms with Crippen LogP contribution in [0.4, 0.5) is 5.69 Å². The Morgan fingerprint density at radius 3 is 2.00 bits per heavy atom. The van der Waals surface area contributed by atoms with E-state index in [1.54, 1.807) is 0 Å². The summed E-state index contributed by atoms with van der Waals surface area (Å²) in [4.78, 5) is 11.3. The fourth-order valence-electron chi connectivity index (χ4n) is 3.84. The van der Waals surface area contributed by atoms with Gasteiger partial charge in [0.05, 0.1) is 24.5 Å². The molecule has 2 aromatic carbocycles. The zero-order chi connectivity index (χ0) is 22.5. The first-order chi connectivity index (χ1) is 16.3. The number of aryl methyl sites for hydroxylation is 1. The largest absolute Gasteiger partial charge is 0.360 e. The second kappa shape index (κ2) is 9.76. The Kier molecular flexibility index (Phi) is 6.22. The van der Waals surface area contributed by atoms with Gasteiger partial charge < -0.3 is 4.90 Å². The molecule has 0 amide bonds. The van der Waals surface area contributed by atoms with Crippen molar-refractivity contribution >= 4 is 39.4 Å². The molecule has 0 radical (unpaired) electrons. The van der Waals surface area contributed by atoms with E-state index in [1.165, 1.54) is 20.8 Å². The molecule has 0 spiro atoms. The van der Waals surface area contributed by atoms with Crippen LogP contribution in [-0.2, 0) is 20.1 Å². The van der Waals surface area contributed by atoms with Crippen LogP contribution >= 0.6 is 11.3 Å². The highest BCUT2D eigenvalue weighted by Crippen LogP contribution is 2.23. The first kappa shape index (κ1) is 21.0. The standard InChI is InChI=1S/C28H25N4S/c1-31-26-10-2-3-11-27(26)33-28(31)17-14-22-12-15-25(16-13-22)32(20-23-8-4-6-18-29-23)21-24-9-5-7-19-30-24/h2-19H,20-21H2,1H3/q+1. The van der Waals surface area contributed by atoms with Crippen molar-refractivity contribution < 1.29 is 4.57 Å². The van der Waals surface area contributed by atoms with E-state index in [1.807, 2.05) is 48.0 Å². The van der Waals surface area contributed by atoms with Gasteiger partial charge in [-0.15, -0.1) is 0 Å². The predicted molar refractivity (Wildman–Crippen MR) is 137 cm³/mol. The van der Waals surface area contributed by atoms with Crippen LogP contribution < -0.4 is 9.47 Å². The Bertz CT molecular complexity index is 1320. The van der Waals surface area contributed by atoms with Gasteiger partial charge in [0.2, 0.25) is 5.52 Å². The van der Waals surface area contributed by atoms with Crippen molar-refractivity contribution in [2.75, 3.05) is 4.90 Å². The average Bonchev–Trinajstić information content (AvgIpc) is 3.19. The highest BCUT2D eigenvalue weighted by Gasteiger charge is 2.13. The van der Waals surface area contributed by atoms with Crippen molar-refractivity contribution in [1.82, 2.24) is 9.97 Å². The molecule has 5 aromatic rings. The van der Waals surface area contributed by atoms with Gasteiger partial charge in [0.25, 0.3) is 5.01 Å². The number of benzene rings is 2. The number of fused-ring (bicyclic) bond motifs is 1. The van der Waals surface area contributed by atoms with Gasteiger partial charge in [0, 0.05) is 30.2 Å². The van der Waals surface area contributed by atoms with Crippen LogP contribution in [0.1, 0.15) is 22.0 Å². The van der Waals surface area contributed by atoms with Gasteiger partial charge in [-0.1, -0.05) is 47.7 Å². The zero-order valence-electron chi connectivity index (χ0n) is 18.5. The van der Waals surface area contributed by atoms with E-state index >= 15 is 0 Å². The summed E-state index contributed by atoms with van der Waals surface area (Å²) in [5.41, 5.74) is 5.66. The van der Waals surface area contributed by atoms with E-state index in [2.05, 4.69) is 99.3 Å². The third-order valence-electron chi connectivity index (χ3n) is 5.61. The van der Waals surface area contributed by atoms with Gasteiger partial charge in [-0.3, -0.25) is 9.97 Å². The molecule has 0 N–H and O–H groups in total. The first-order valence-corrected chi connectivity index (χ1v) is 11.8. The van der Waals surface area contributed by atoms with Gasteiger partial charge in [0.15, 0.2) is 0 Å². The summed E-state index contributed by atoms with van der Waals surface area (Å²) in [5.74, 6) is 0. The number of rotatable bonds is 7. The molecule has 0 unspecified atom stereocenters. The molecule has 0 fully saturated rings. The van der Waals surface area contributed by atoms with Crippen molar-refractivity contribution in [1.29, 1.82) is 0 Å². The number of hydrogen-bond donors (Lipinski definition) is 0. The van der Waals surface area contributed by atoms with Crippen LogP contribution in [0.15, 0.2) is 97.3 Å². The van der Waals surface area contributed by atoms with Crippen LogP contribution in [0.5, 0.6) is 0 Å². The zero-order valence-corrected chi connectivity index (χ0v) is 19.3. The van der Waals surface area contributed by atoms with Gasteiger partial charge in [-0.2, -0.15) is 4.57 Å². The smallest absolute Gasteiger partial charge is 0.262 e. The minimum atomic E-state index is 0.726. The molecule has 0 saturated carbocycles. The van der Waals surface area contributed by atoms with E-state index in [-0.39, 0.29) is 0 Å². The Morgan fingerprint density at radius 1 is 0.758 bits per heavy atom. The van der Waals surface area contributed by atoms with E-state index in [9.17, 15) is 0 Å². The Labute approximate surface area is 198 Å². The number of anilines is 1. The molecule has 0 aliphatic rings. The number of pyridine rings is 2. The lowest BCUT2D eigenvalue weighted by molar-refractivity contribution is -0.642. The normalized spacial score (nSPS) is 11.3. The molecular weight excluding hydrogens is 424 g/mol. The summed E-state index contributed by atoms with van der Waals surface area (Å²) < 4.78 is 3.54. The fourth-order valence-corrected chi connectivity index (χ4v) is 4.90. The molecule has 0 bridgehead atoms. The Balaban J connectivity index is 1.37. The lowest BCUT2D eigenvalue weighted by Gasteiger charge is -2.24. The van der Waals surface area contributed by atoms with Crippen LogP contribution in [-0.4, -0.2) is 9.97 Å². The second-order valence-electron chi connectivity index (χ2n) is 7.89. The minimum absolute atomic E-state index is 0.726. The third kappa shape index (κ3) is 4.99. The molecule has 0 aliphatic carbocycles. The maximum absolute atomic E-state index is 4.52. The van der Waals surface area contributed by atoms with Crippen LogP contribution in [0.2, 0.25) is 0 Å². The SMILES string of the molecule is C[n+]1c(/C=C/c2ccc(N(Cc3ccccn3)Cc3ccccn3)cc2)sc2ccccc21. The first-order valence-electron chi connectivity index (χ1n) is 11.0. The Hall–Kier alpha value is -3.83. The van der Waals surface area contributed by atoms with Crippen molar-refractivity contribution in [2.24, 2.45) is 7.05 Å². The molecule has 3 aromatic heterocycles. The molecule has 5 heteroatoms. The molecular formula is C28H25N4S+. The topological polar surface area (TPSA) is 32.9 Å². The number of para-hydroxylation sites is 1. The highest BCUT2D eigenvalue weighted by molar-refractivity contribution is 7.18. The quantitative estimate of drug-likeness (QED) is 0.290. The summed E-state index contributed by atoms with van der Waals surface area (Å²) in [6.07, 6.45) is 8.06. The van der Waals surface area contributed by atoms with Crippen LogP contribution in [0, 0.1) is 0 Å². The predicted octanol–water partition coefficient (Wildman–Crippen LogP) is 5.89. The van der Waals surface area contributed by atoms with Gasteiger partial charge in [-0.25, -0.2) is 0 Å². The Morgan fingerprint density at radius 2 is 1.39 bits per heavy atom. The van der Waals surface area contributed by atoms with E-state index in [0.29, 0.717) is 0 Å². The van der Waals surface area contributed by atoms with Crippen LogP contribution in [0.3, 0.4) is 0 Å². The van der Waals surface area contributed by atoms with Crippen molar-refractivity contribution in [3.63, 3.8) is 0 Å². The molecule has 0 aliphatic heterocycles.